The standard InChI is InChI=1S/C10H11ClFN/c1-6-9(4-7-2-3-7)13-5-8(12)10(6)11/h5,7H,2-4H2,1H3. The molecule has 1 aromatic rings. The summed E-state index contributed by atoms with van der Waals surface area (Å²) in [7, 11) is 0. The van der Waals surface area contributed by atoms with Crippen LogP contribution < -0.4 is 0 Å². The highest BCUT2D eigenvalue weighted by atomic mass is 35.5. The molecule has 1 nitrogen and oxygen atoms in total. The molecule has 0 spiro atoms. The summed E-state index contributed by atoms with van der Waals surface area (Å²) in [5, 5.41) is 0.227. The first kappa shape index (κ1) is 8.95. The van der Waals surface area contributed by atoms with Crippen molar-refractivity contribution in [2.75, 3.05) is 0 Å². The molecule has 13 heavy (non-hydrogen) atoms. The van der Waals surface area contributed by atoms with Crippen molar-refractivity contribution in [2.45, 2.75) is 26.2 Å². The summed E-state index contributed by atoms with van der Waals surface area (Å²) in [5.74, 6) is 0.339. The number of hydrogen-bond donors (Lipinski definition) is 0. The van der Waals surface area contributed by atoms with Crippen LogP contribution in [0.4, 0.5) is 4.39 Å². The number of pyridine rings is 1. The molecule has 1 aliphatic rings. The Labute approximate surface area is 81.9 Å². The Balaban J connectivity index is 2.29. The second-order valence-electron chi connectivity index (χ2n) is 3.64. The van der Waals surface area contributed by atoms with Gasteiger partial charge in [-0.3, -0.25) is 4.98 Å². The van der Waals surface area contributed by atoms with Gasteiger partial charge in [0.15, 0.2) is 5.82 Å². The lowest BCUT2D eigenvalue weighted by Gasteiger charge is -2.05. The van der Waals surface area contributed by atoms with Gasteiger partial charge in [0.2, 0.25) is 0 Å². The van der Waals surface area contributed by atoms with Gasteiger partial charge < -0.3 is 0 Å². The summed E-state index contributed by atoms with van der Waals surface area (Å²) < 4.78 is 12.9. The van der Waals surface area contributed by atoms with Crippen molar-refractivity contribution >= 4 is 11.6 Å². The maximum atomic E-state index is 12.9. The molecule has 0 aliphatic heterocycles. The van der Waals surface area contributed by atoms with Crippen LogP contribution in [0.2, 0.25) is 5.02 Å². The average Bonchev–Trinajstić information content (AvgIpc) is 2.90. The van der Waals surface area contributed by atoms with Crippen molar-refractivity contribution in [2.24, 2.45) is 5.92 Å². The third-order valence-electron chi connectivity index (χ3n) is 2.48. The molecule has 0 amide bonds. The molecule has 3 heteroatoms. The van der Waals surface area contributed by atoms with E-state index >= 15 is 0 Å². The fourth-order valence-electron chi connectivity index (χ4n) is 1.40. The van der Waals surface area contributed by atoms with Crippen LogP contribution in [-0.4, -0.2) is 4.98 Å². The lowest BCUT2D eigenvalue weighted by molar-refractivity contribution is 0.616. The summed E-state index contributed by atoms with van der Waals surface area (Å²) >= 11 is 5.77. The van der Waals surface area contributed by atoms with Gasteiger partial charge in [0.1, 0.15) is 0 Å². The van der Waals surface area contributed by atoms with Crippen LogP contribution in [0, 0.1) is 18.7 Å². The normalized spacial score (nSPS) is 16.2. The Morgan fingerprint density at radius 3 is 2.92 bits per heavy atom. The van der Waals surface area contributed by atoms with Crippen LogP contribution in [0.25, 0.3) is 0 Å². The van der Waals surface area contributed by atoms with E-state index < -0.39 is 5.82 Å². The summed E-state index contributed by atoms with van der Waals surface area (Å²) in [4.78, 5) is 4.06. The van der Waals surface area contributed by atoms with E-state index in [0.717, 1.165) is 23.6 Å². The van der Waals surface area contributed by atoms with Crippen molar-refractivity contribution < 1.29 is 4.39 Å². The largest absolute Gasteiger partial charge is 0.258 e. The number of halogens is 2. The van der Waals surface area contributed by atoms with Crippen LogP contribution in [0.5, 0.6) is 0 Å². The van der Waals surface area contributed by atoms with Gasteiger partial charge in [-0.05, 0) is 37.7 Å². The molecule has 1 fully saturated rings. The van der Waals surface area contributed by atoms with Gasteiger partial charge in [0, 0.05) is 5.69 Å². The highest BCUT2D eigenvalue weighted by molar-refractivity contribution is 6.31. The summed E-state index contributed by atoms with van der Waals surface area (Å²) in [6, 6.07) is 0. The number of rotatable bonds is 2. The number of nitrogens with zero attached hydrogens (tertiary/aromatic N) is 1. The summed E-state index contributed by atoms with van der Waals surface area (Å²) in [6.45, 7) is 1.83. The van der Waals surface area contributed by atoms with Gasteiger partial charge in [-0.15, -0.1) is 0 Å². The molecule has 0 atom stereocenters. The first-order valence-electron chi connectivity index (χ1n) is 4.48. The van der Waals surface area contributed by atoms with Crippen molar-refractivity contribution in [1.29, 1.82) is 0 Å². The van der Waals surface area contributed by atoms with Crippen molar-refractivity contribution in [3.63, 3.8) is 0 Å². The molecular formula is C10H11ClFN. The van der Waals surface area contributed by atoms with E-state index in [1.165, 1.54) is 19.0 Å². The fourth-order valence-corrected chi connectivity index (χ4v) is 1.55. The quantitative estimate of drug-likeness (QED) is 0.713. The third kappa shape index (κ3) is 1.83. The minimum Gasteiger partial charge on any atom is -0.258 e. The lowest BCUT2D eigenvalue weighted by Crippen LogP contribution is -1.98. The minimum atomic E-state index is -0.418. The Hall–Kier alpha value is -0.630. The van der Waals surface area contributed by atoms with Gasteiger partial charge in [-0.2, -0.15) is 0 Å². The zero-order valence-corrected chi connectivity index (χ0v) is 8.24. The maximum absolute atomic E-state index is 12.9. The molecule has 1 aliphatic carbocycles. The highest BCUT2D eigenvalue weighted by Crippen LogP contribution is 2.34. The Morgan fingerprint density at radius 2 is 2.31 bits per heavy atom. The van der Waals surface area contributed by atoms with E-state index in [-0.39, 0.29) is 5.02 Å². The zero-order valence-electron chi connectivity index (χ0n) is 7.48. The van der Waals surface area contributed by atoms with Crippen LogP contribution in [0.1, 0.15) is 24.1 Å². The molecule has 0 N–H and O–H groups in total. The highest BCUT2D eigenvalue weighted by Gasteiger charge is 2.23. The van der Waals surface area contributed by atoms with E-state index in [0.29, 0.717) is 0 Å². The predicted octanol–water partition coefficient (Wildman–Crippen LogP) is 3.14. The minimum absolute atomic E-state index is 0.227. The van der Waals surface area contributed by atoms with Crippen molar-refractivity contribution in [3.8, 4) is 0 Å². The van der Waals surface area contributed by atoms with Gasteiger partial charge >= 0.3 is 0 Å². The predicted molar refractivity (Wildman–Crippen MR) is 50.4 cm³/mol. The monoisotopic (exact) mass is 199 g/mol. The molecule has 0 unspecified atom stereocenters. The summed E-state index contributed by atoms with van der Waals surface area (Å²) in [5.41, 5.74) is 1.75. The Kier molecular flexibility index (Phi) is 2.24. The SMILES string of the molecule is Cc1c(CC2CC2)ncc(F)c1Cl. The molecule has 2 rings (SSSR count). The van der Waals surface area contributed by atoms with Gasteiger partial charge in [0.25, 0.3) is 0 Å². The molecule has 0 saturated heterocycles. The Bertz CT molecular complexity index is 334. The van der Waals surface area contributed by atoms with Gasteiger partial charge in [0.05, 0.1) is 11.2 Å². The number of hydrogen-bond acceptors (Lipinski definition) is 1. The van der Waals surface area contributed by atoms with Crippen LogP contribution >= 0.6 is 11.6 Å². The van der Waals surface area contributed by atoms with Crippen molar-refractivity contribution in [3.05, 3.63) is 28.3 Å². The van der Waals surface area contributed by atoms with Crippen LogP contribution in [0.3, 0.4) is 0 Å². The molecule has 1 saturated carbocycles. The smallest absolute Gasteiger partial charge is 0.160 e. The second-order valence-corrected chi connectivity index (χ2v) is 4.02. The van der Waals surface area contributed by atoms with Gasteiger partial charge in [-0.1, -0.05) is 11.6 Å². The molecule has 0 bridgehead atoms. The van der Waals surface area contributed by atoms with E-state index in [9.17, 15) is 4.39 Å². The first-order valence-corrected chi connectivity index (χ1v) is 4.85. The van der Waals surface area contributed by atoms with E-state index in [4.69, 9.17) is 11.6 Å². The van der Waals surface area contributed by atoms with Crippen LogP contribution in [-0.2, 0) is 6.42 Å². The molecule has 1 aromatic heterocycles. The zero-order chi connectivity index (χ0) is 9.42. The van der Waals surface area contributed by atoms with Crippen molar-refractivity contribution in [1.82, 2.24) is 4.98 Å². The van der Waals surface area contributed by atoms with Crippen LogP contribution in [0.15, 0.2) is 6.20 Å². The molecular weight excluding hydrogens is 189 g/mol. The Morgan fingerprint density at radius 1 is 1.62 bits per heavy atom. The molecule has 70 valence electrons. The van der Waals surface area contributed by atoms with E-state index in [2.05, 4.69) is 4.98 Å². The lowest BCUT2D eigenvalue weighted by atomic mass is 10.1. The maximum Gasteiger partial charge on any atom is 0.160 e. The molecule has 1 heterocycles. The number of aromatic nitrogens is 1. The summed E-state index contributed by atoms with van der Waals surface area (Å²) in [6.07, 6.45) is 4.71. The van der Waals surface area contributed by atoms with E-state index in [1.54, 1.807) is 0 Å². The average molecular weight is 200 g/mol. The fraction of sp³-hybridized carbons (Fsp3) is 0.500. The second kappa shape index (κ2) is 3.26. The molecule has 0 radical (unpaired) electrons. The third-order valence-corrected chi connectivity index (χ3v) is 2.95. The topological polar surface area (TPSA) is 12.9 Å². The first-order chi connectivity index (χ1) is 6.18. The molecule has 0 aromatic carbocycles. The van der Waals surface area contributed by atoms with E-state index in [1.807, 2.05) is 6.92 Å². The van der Waals surface area contributed by atoms with Gasteiger partial charge in [-0.25, -0.2) is 4.39 Å².